The van der Waals surface area contributed by atoms with Gasteiger partial charge in [-0.05, 0) is 24.3 Å². The summed E-state index contributed by atoms with van der Waals surface area (Å²) < 4.78 is 18.8. The van der Waals surface area contributed by atoms with Crippen LogP contribution in [0.1, 0.15) is 5.56 Å². The van der Waals surface area contributed by atoms with Crippen LogP contribution < -0.4 is 9.64 Å². The van der Waals surface area contributed by atoms with E-state index >= 15 is 0 Å². The lowest BCUT2D eigenvalue weighted by Crippen LogP contribution is -2.46. The minimum Gasteiger partial charge on any atom is -0.496 e. The molecule has 0 unspecified atom stereocenters. The number of methoxy groups -OCH3 is 1. The molecule has 148 valence electrons. The lowest BCUT2D eigenvalue weighted by Gasteiger charge is -2.35. The van der Waals surface area contributed by atoms with Crippen molar-refractivity contribution < 1.29 is 19.0 Å². The molecule has 0 aliphatic carbocycles. The largest absolute Gasteiger partial charge is 0.496 e. The van der Waals surface area contributed by atoms with Crippen molar-refractivity contribution in [2.24, 2.45) is 0 Å². The molecule has 0 N–H and O–H groups in total. The second-order valence-electron chi connectivity index (χ2n) is 6.41. The lowest BCUT2D eigenvalue weighted by molar-refractivity contribution is -0.393. The van der Waals surface area contributed by atoms with Gasteiger partial charge < -0.3 is 9.64 Å². The maximum absolute atomic E-state index is 13.5. The molecular weight excluding hydrogens is 371 g/mol. The first kappa shape index (κ1) is 19.5. The van der Waals surface area contributed by atoms with E-state index in [1.807, 2.05) is 4.90 Å². The van der Waals surface area contributed by atoms with Gasteiger partial charge in [-0.1, -0.05) is 0 Å². The Balaban J connectivity index is 1.71. The topological polar surface area (TPSA) is 102 Å². The van der Waals surface area contributed by atoms with Gasteiger partial charge in [0.2, 0.25) is 0 Å². The van der Waals surface area contributed by atoms with Gasteiger partial charge in [0.25, 0.3) is 11.4 Å². The van der Waals surface area contributed by atoms with E-state index in [1.165, 1.54) is 31.4 Å². The SMILES string of the molecule is COc1ccc(F)cc1CN1CCN(c2ccc([N+](=O)[O-])cc2[N+](=O)[O-])CC1. The molecule has 10 heteroatoms. The molecule has 0 bridgehead atoms. The standard InChI is InChI=1S/C18H19FN4O5/c1-28-18-5-2-14(19)10-13(18)12-20-6-8-21(9-7-20)16-4-3-15(22(24)25)11-17(16)23(26)27/h2-5,10-11H,6-9,12H2,1H3. The highest BCUT2D eigenvalue weighted by molar-refractivity contribution is 5.67. The Hall–Kier alpha value is -3.27. The number of nitro benzene ring substituents is 2. The predicted molar refractivity (Wildman–Crippen MR) is 100 cm³/mol. The summed E-state index contributed by atoms with van der Waals surface area (Å²) in [6.45, 7) is 2.73. The Bertz CT molecular complexity index is 900. The molecule has 0 saturated carbocycles. The summed E-state index contributed by atoms with van der Waals surface area (Å²) in [6, 6.07) is 8.04. The van der Waals surface area contributed by atoms with Crippen LogP contribution in [0.2, 0.25) is 0 Å². The normalized spacial score (nSPS) is 14.7. The second kappa shape index (κ2) is 8.17. The molecule has 1 fully saturated rings. The third-order valence-corrected chi connectivity index (χ3v) is 4.72. The Labute approximate surface area is 160 Å². The molecule has 9 nitrogen and oxygen atoms in total. The van der Waals surface area contributed by atoms with E-state index in [0.29, 0.717) is 44.2 Å². The van der Waals surface area contributed by atoms with Crippen LogP contribution in [0.25, 0.3) is 0 Å². The summed E-state index contributed by atoms with van der Waals surface area (Å²) in [5.74, 6) is 0.269. The monoisotopic (exact) mass is 390 g/mol. The van der Waals surface area contributed by atoms with E-state index in [9.17, 15) is 24.6 Å². The number of halogens is 1. The fourth-order valence-corrected chi connectivity index (χ4v) is 3.30. The number of hydrogen-bond donors (Lipinski definition) is 0. The van der Waals surface area contributed by atoms with Crippen molar-refractivity contribution in [1.29, 1.82) is 0 Å². The molecule has 1 aliphatic rings. The summed E-state index contributed by atoms with van der Waals surface area (Å²) in [6.07, 6.45) is 0. The average molecular weight is 390 g/mol. The van der Waals surface area contributed by atoms with Gasteiger partial charge in [-0.25, -0.2) is 4.39 Å². The Morgan fingerprint density at radius 2 is 1.75 bits per heavy atom. The first-order chi connectivity index (χ1) is 13.4. The number of nitro groups is 2. The number of rotatable bonds is 6. The first-order valence-corrected chi connectivity index (χ1v) is 8.61. The van der Waals surface area contributed by atoms with E-state index in [2.05, 4.69) is 4.90 Å². The molecule has 0 amide bonds. The number of hydrogen-bond acceptors (Lipinski definition) is 7. The summed E-state index contributed by atoms with van der Waals surface area (Å²) in [4.78, 5) is 24.9. The number of piperazine rings is 1. The van der Waals surface area contributed by atoms with Gasteiger partial charge in [0.15, 0.2) is 0 Å². The van der Waals surface area contributed by atoms with E-state index in [0.717, 1.165) is 11.6 Å². The third kappa shape index (κ3) is 4.17. The van der Waals surface area contributed by atoms with Gasteiger partial charge in [-0.3, -0.25) is 25.1 Å². The minimum atomic E-state index is -0.652. The van der Waals surface area contributed by atoms with Crippen LogP contribution in [0.5, 0.6) is 5.75 Å². The van der Waals surface area contributed by atoms with Gasteiger partial charge in [-0.15, -0.1) is 0 Å². The smallest absolute Gasteiger partial charge is 0.299 e. The van der Waals surface area contributed by atoms with E-state index in [1.54, 1.807) is 6.07 Å². The summed E-state index contributed by atoms with van der Waals surface area (Å²) in [7, 11) is 1.53. The van der Waals surface area contributed by atoms with Crippen LogP contribution in [0.4, 0.5) is 21.5 Å². The quantitative estimate of drug-likeness (QED) is 0.552. The van der Waals surface area contributed by atoms with Crippen molar-refractivity contribution in [1.82, 2.24) is 4.90 Å². The zero-order valence-corrected chi connectivity index (χ0v) is 15.2. The highest BCUT2D eigenvalue weighted by atomic mass is 19.1. The van der Waals surface area contributed by atoms with Crippen LogP contribution in [-0.4, -0.2) is 48.0 Å². The van der Waals surface area contributed by atoms with Gasteiger partial charge in [0, 0.05) is 44.4 Å². The Morgan fingerprint density at radius 1 is 1.04 bits per heavy atom. The summed E-state index contributed by atoms with van der Waals surface area (Å²) >= 11 is 0. The average Bonchev–Trinajstić information content (AvgIpc) is 2.68. The minimum absolute atomic E-state index is 0.283. The van der Waals surface area contributed by atoms with E-state index in [-0.39, 0.29) is 17.2 Å². The van der Waals surface area contributed by atoms with Crippen molar-refractivity contribution in [2.45, 2.75) is 6.54 Å². The highest BCUT2D eigenvalue weighted by Gasteiger charge is 2.26. The number of ether oxygens (including phenoxy) is 1. The number of nitrogens with zero attached hydrogens (tertiary/aromatic N) is 4. The maximum atomic E-state index is 13.5. The first-order valence-electron chi connectivity index (χ1n) is 8.61. The van der Waals surface area contributed by atoms with Crippen LogP contribution >= 0.6 is 0 Å². The fraction of sp³-hybridized carbons (Fsp3) is 0.333. The van der Waals surface area contributed by atoms with Gasteiger partial charge in [-0.2, -0.15) is 0 Å². The number of anilines is 1. The number of benzene rings is 2. The van der Waals surface area contributed by atoms with Gasteiger partial charge in [0.05, 0.1) is 23.0 Å². The van der Waals surface area contributed by atoms with Crippen LogP contribution in [0.3, 0.4) is 0 Å². The van der Waals surface area contributed by atoms with Gasteiger partial charge in [0.1, 0.15) is 17.3 Å². The molecule has 0 atom stereocenters. The van der Waals surface area contributed by atoms with Crippen molar-refractivity contribution >= 4 is 17.1 Å². The molecule has 3 rings (SSSR count). The maximum Gasteiger partial charge on any atom is 0.299 e. The molecule has 28 heavy (non-hydrogen) atoms. The zero-order valence-electron chi connectivity index (χ0n) is 15.2. The van der Waals surface area contributed by atoms with Crippen molar-refractivity contribution in [2.75, 3.05) is 38.2 Å². The van der Waals surface area contributed by atoms with Crippen molar-refractivity contribution in [3.05, 3.63) is 68.0 Å². The lowest BCUT2D eigenvalue weighted by atomic mass is 10.1. The molecular formula is C18H19FN4O5. The van der Waals surface area contributed by atoms with Crippen molar-refractivity contribution in [3.8, 4) is 5.75 Å². The van der Waals surface area contributed by atoms with E-state index in [4.69, 9.17) is 4.74 Å². The molecule has 0 spiro atoms. The summed E-state index contributed by atoms with van der Waals surface area (Å²) in [5, 5.41) is 22.2. The number of non-ortho nitro benzene ring substituents is 1. The molecule has 1 heterocycles. The fourth-order valence-electron chi connectivity index (χ4n) is 3.30. The Kier molecular flexibility index (Phi) is 5.69. The third-order valence-electron chi connectivity index (χ3n) is 4.72. The molecule has 2 aromatic carbocycles. The highest BCUT2D eigenvalue weighted by Crippen LogP contribution is 2.33. The zero-order chi connectivity index (χ0) is 20.3. The van der Waals surface area contributed by atoms with E-state index < -0.39 is 9.85 Å². The van der Waals surface area contributed by atoms with Gasteiger partial charge >= 0.3 is 0 Å². The second-order valence-corrected chi connectivity index (χ2v) is 6.41. The molecule has 0 radical (unpaired) electrons. The predicted octanol–water partition coefficient (Wildman–Crippen LogP) is 2.97. The molecule has 1 aliphatic heterocycles. The molecule has 1 saturated heterocycles. The van der Waals surface area contributed by atoms with Crippen molar-refractivity contribution in [3.63, 3.8) is 0 Å². The molecule has 2 aromatic rings. The van der Waals surface area contributed by atoms with Crippen LogP contribution in [0, 0.1) is 26.0 Å². The summed E-state index contributed by atoms with van der Waals surface area (Å²) in [5.41, 5.74) is 0.498. The Morgan fingerprint density at radius 3 is 2.36 bits per heavy atom. The van der Waals surface area contributed by atoms with Crippen LogP contribution in [-0.2, 0) is 6.54 Å². The van der Waals surface area contributed by atoms with Crippen LogP contribution in [0.15, 0.2) is 36.4 Å². The molecule has 0 aromatic heterocycles.